The predicted molar refractivity (Wildman–Crippen MR) is 43.5 cm³/mol. The molecule has 4 nitrogen and oxygen atoms in total. The fraction of sp³-hybridized carbons (Fsp3) is 0.875. The average molecular weight is 173 g/mol. The molecule has 0 bridgehead atoms. The average Bonchev–Trinajstić information content (AvgIpc) is 1.98. The molecular weight excluding hydrogens is 158 g/mol. The Morgan fingerprint density at radius 1 is 1.58 bits per heavy atom. The number of rotatable bonds is 3. The van der Waals surface area contributed by atoms with Gasteiger partial charge >= 0.3 is 0 Å². The number of nitrogens with zero attached hydrogens (tertiary/aromatic N) is 1. The molecule has 1 saturated heterocycles. The van der Waals surface area contributed by atoms with Gasteiger partial charge in [-0.3, -0.25) is 4.79 Å². The van der Waals surface area contributed by atoms with Gasteiger partial charge < -0.3 is 15.1 Å². The molecule has 0 saturated carbocycles. The molecule has 1 heterocycles. The van der Waals surface area contributed by atoms with Crippen LogP contribution in [0.5, 0.6) is 0 Å². The highest BCUT2D eigenvalue weighted by molar-refractivity contribution is 5.79. The molecule has 1 amide bonds. The van der Waals surface area contributed by atoms with Crippen molar-refractivity contribution in [1.29, 1.82) is 0 Å². The van der Waals surface area contributed by atoms with Crippen molar-refractivity contribution >= 4 is 5.91 Å². The van der Waals surface area contributed by atoms with Gasteiger partial charge in [0.05, 0.1) is 18.6 Å². The number of hydrogen-bond donors (Lipinski definition) is 2. The molecule has 12 heavy (non-hydrogen) atoms. The van der Waals surface area contributed by atoms with E-state index >= 15 is 0 Å². The third-order valence-corrected chi connectivity index (χ3v) is 2.32. The number of carbonyl (C=O) groups excluding carboxylic acids is 1. The van der Waals surface area contributed by atoms with Crippen molar-refractivity contribution in [2.75, 3.05) is 19.7 Å². The number of likely N-dealkylation sites (tertiary alicyclic amines) is 1. The Kier molecular flexibility index (Phi) is 3.05. The summed E-state index contributed by atoms with van der Waals surface area (Å²) in [6.45, 7) is 2.88. The van der Waals surface area contributed by atoms with Gasteiger partial charge in [0.2, 0.25) is 5.91 Å². The molecule has 2 atom stereocenters. The highest BCUT2D eigenvalue weighted by Crippen LogP contribution is 2.13. The zero-order valence-electron chi connectivity index (χ0n) is 7.23. The van der Waals surface area contributed by atoms with Crippen LogP contribution in [-0.4, -0.2) is 46.8 Å². The van der Waals surface area contributed by atoms with Gasteiger partial charge in [-0.1, -0.05) is 6.92 Å². The summed E-state index contributed by atoms with van der Waals surface area (Å²) in [7, 11) is 0. The predicted octanol–water partition coefficient (Wildman–Crippen LogP) is -0.792. The van der Waals surface area contributed by atoms with Crippen molar-refractivity contribution in [3.63, 3.8) is 0 Å². The van der Waals surface area contributed by atoms with Crippen LogP contribution in [0.4, 0.5) is 0 Å². The lowest BCUT2D eigenvalue weighted by Crippen LogP contribution is -2.47. The summed E-state index contributed by atoms with van der Waals surface area (Å²) in [5.41, 5.74) is 0. The molecule has 1 aliphatic rings. The lowest BCUT2D eigenvalue weighted by atomic mass is 10.0. The summed E-state index contributed by atoms with van der Waals surface area (Å²) in [4.78, 5) is 13.1. The van der Waals surface area contributed by atoms with E-state index in [2.05, 4.69) is 0 Å². The molecule has 1 rings (SSSR count). The zero-order chi connectivity index (χ0) is 9.14. The van der Waals surface area contributed by atoms with Crippen molar-refractivity contribution in [3.8, 4) is 0 Å². The van der Waals surface area contributed by atoms with Gasteiger partial charge in [0.1, 0.15) is 0 Å². The second kappa shape index (κ2) is 3.87. The van der Waals surface area contributed by atoms with E-state index in [-0.39, 0.29) is 12.5 Å². The first-order valence-electron chi connectivity index (χ1n) is 4.24. The Balaban J connectivity index is 2.39. The third-order valence-electron chi connectivity index (χ3n) is 2.32. The van der Waals surface area contributed by atoms with E-state index < -0.39 is 12.0 Å². The fourth-order valence-corrected chi connectivity index (χ4v) is 1.15. The maximum absolute atomic E-state index is 11.4. The van der Waals surface area contributed by atoms with Crippen LogP contribution in [0.2, 0.25) is 0 Å². The molecule has 0 spiro atoms. The van der Waals surface area contributed by atoms with Gasteiger partial charge in [0.15, 0.2) is 0 Å². The number of hydrogen-bond acceptors (Lipinski definition) is 3. The minimum atomic E-state index is -0.918. The topological polar surface area (TPSA) is 60.8 Å². The number of amides is 1. The number of aliphatic hydroxyl groups excluding tert-OH is 2. The van der Waals surface area contributed by atoms with Crippen LogP contribution in [0.25, 0.3) is 0 Å². The van der Waals surface area contributed by atoms with Crippen molar-refractivity contribution in [2.24, 2.45) is 5.92 Å². The maximum atomic E-state index is 11.4. The molecule has 0 radical (unpaired) electrons. The molecule has 0 aromatic heterocycles. The quantitative estimate of drug-likeness (QED) is 0.588. The first-order valence-corrected chi connectivity index (χ1v) is 4.24. The molecule has 70 valence electrons. The van der Waals surface area contributed by atoms with Gasteiger partial charge in [-0.25, -0.2) is 0 Å². The number of aliphatic hydroxyl groups is 2. The Morgan fingerprint density at radius 2 is 2.17 bits per heavy atom. The molecule has 0 aromatic carbocycles. The highest BCUT2D eigenvalue weighted by atomic mass is 16.3. The minimum Gasteiger partial charge on any atom is -0.394 e. The van der Waals surface area contributed by atoms with E-state index in [0.717, 1.165) is 19.5 Å². The van der Waals surface area contributed by atoms with Crippen LogP contribution in [0.3, 0.4) is 0 Å². The summed E-state index contributed by atoms with van der Waals surface area (Å²) in [5.74, 6) is -0.530. The Bertz CT molecular complexity index is 168. The summed E-state index contributed by atoms with van der Waals surface area (Å²) in [6.07, 6.45) is 0.131. The number of carbonyl (C=O) groups is 1. The van der Waals surface area contributed by atoms with Crippen LogP contribution in [0.1, 0.15) is 13.3 Å². The van der Waals surface area contributed by atoms with Gasteiger partial charge in [-0.15, -0.1) is 0 Å². The van der Waals surface area contributed by atoms with E-state index in [1.807, 2.05) is 0 Å². The maximum Gasteiger partial charge on any atom is 0.228 e. The van der Waals surface area contributed by atoms with Crippen molar-refractivity contribution in [1.82, 2.24) is 4.90 Å². The van der Waals surface area contributed by atoms with E-state index in [1.54, 1.807) is 11.8 Å². The lowest BCUT2D eigenvalue weighted by Gasteiger charge is -2.34. The van der Waals surface area contributed by atoms with Crippen LogP contribution in [0.15, 0.2) is 0 Å². The van der Waals surface area contributed by atoms with Crippen LogP contribution in [0, 0.1) is 5.92 Å². The minimum absolute atomic E-state index is 0.0530. The smallest absolute Gasteiger partial charge is 0.228 e. The van der Waals surface area contributed by atoms with Crippen LogP contribution < -0.4 is 0 Å². The van der Waals surface area contributed by atoms with Crippen molar-refractivity contribution < 1.29 is 15.0 Å². The Morgan fingerprint density at radius 3 is 2.50 bits per heavy atom. The van der Waals surface area contributed by atoms with E-state index in [9.17, 15) is 4.79 Å². The second-order valence-corrected chi connectivity index (χ2v) is 3.22. The molecule has 2 N–H and O–H groups in total. The Labute approximate surface area is 71.8 Å². The fourth-order valence-electron chi connectivity index (χ4n) is 1.15. The third kappa shape index (κ3) is 1.76. The monoisotopic (exact) mass is 173 g/mol. The summed E-state index contributed by atoms with van der Waals surface area (Å²) in [6, 6.07) is 0. The van der Waals surface area contributed by atoms with Gasteiger partial charge in [0, 0.05) is 13.1 Å². The van der Waals surface area contributed by atoms with E-state index in [4.69, 9.17) is 10.2 Å². The van der Waals surface area contributed by atoms with Crippen molar-refractivity contribution in [2.45, 2.75) is 19.4 Å². The SMILES string of the molecule is C[C@@H](C(=O)N1CCC1)[C@@H](O)CO. The zero-order valence-corrected chi connectivity index (χ0v) is 7.23. The standard InChI is InChI=1S/C8H15NO3/c1-6(7(11)5-10)8(12)9-3-2-4-9/h6-7,10-11H,2-5H2,1H3/t6-,7+/m1/s1. The first kappa shape index (κ1) is 9.48. The van der Waals surface area contributed by atoms with Crippen molar-refractivity contribution in [3.05, 3.63) is 0 Å². The largest absolute Gasteiger partial charge is 0.394 e. The first-order chi connectivity index (χ1) is 5.66. The van der Waals surface area contributed by atoms with Gasteiger partial charge in [-0.05, 0) is 6.42 Å². The normalized spacial score (nSPS) is 21.4. The van der Waals surface area contributed by atoms with Gasteiger partial charge in [-0.2, -0.15) is 0 Å². The molecule has 0 unspecified atom stereocenters. The van der Waals surface area contributed by atoms with E-state index in [1.165, 1.54) is 0 Å². The summed E-state index contributed by atoms with van der Waals surface area (Å²) in [5, 5.41) is 17.8. The molecular formula is C8H15NO3. The summed E-state index contributed by atoms with van der Waals surface area (Å²) >= 11 is 0. The van der Waals surface area contributed by atoms with Crippen LogP contribution >= 0.6 is 0 Å². The van der Waals surface area contributed by atoms with Gasteiger partial charge in [0.25, 0.3) is 0 Å². The lowest BCUT2D eigenvalue weighted by molar-refractivity contribution is -0.143. The second-order valence-electron chi connectivity index (χ2n) is 3.22. The van der Waals surface area contributed by atoms with Crippen LogP contribution in [-0.2, 0) is 4.79 Å². The van der Waals surface area contributed by atoms with E-state index in [0.29, 0.717) is 0 Å². The highest BCUT2D eigenvalue weighted by Gasteiger charge is 2.28. The summed E-state index contributed by atoms with van der Waals surface area (Å²) < 4.78 is 0. The Hall–Kier alpha value is -0.610. The molecule has 1 fully saturated rings. The molecule has 4 heteroatoms. The molecule has 0 aromatic rings. The molecule has 1 aliphatic heterocycles. The molecule has 0 aliphatic carbocycles.